The van der Waals surface area contributed by atoms with Crippen LogP contribution in [0.3, 0.4) is 0 Å². The van der Waals surface area contributed by atoms with Crippen LogP contribution in [0.1, 0.15) is 97.7 Å². The van der Waals surface area contributed by atoms with E-state index < -0.39 is 16.6 Å². The van der Waals surface area contributed by atoms with Gasteiger partial charge in [-0.25, -0.2) is 0 Å². The van der Waals surface area contributed by atoms with Gasteiger partial charge in [0.1, 0.15) is 12.2 Å². The quantitative estimate of drug-likeness (QED) is 0.0594. The van der Waals surface area contributed by atoms with Crippen molar-refractivity contribution in [1.29, 1.82) is 0 Å². The number of aromatic nitrogens is 6. The normalized spacial score (nSPS) is 12.5. The molecule has 5 heterocycles. The average molecular weight is 821 g/mol. The SMILES string of the molecule is C.C.CCCC(C)Oc1nc(N)c([N+](=O)[O-])c(N(CC(=O)OCC)Cc2ccc(C)nc2)n1.CCCC(C)Oc1nc(N)c2c(n1)N(Cc1ccc(C)nc1)CC(=O)N2. The number of hydrogen-bond donors (Lipinski definition) is 3. The van der Waals surface area contributed by atoms with Gasteiger partial charge in [-0.2, -0.15) is 19.9 Å². The number of nitro groups is 1. The van der Waals surface area contributed by atoms with Gasteiger partial charge in [0, 0.05) is 36.9 Å². The van der Waals surface area contributed by atoms with Gasteiger partial charge in [0.2, 0.25) is 17.5 Å². The van der Waals surface area contributed by atoms with Crippen LogP contribution in [0.5, 0.6) is 12.0 Å². The number of amides is 1. The molecular formula is C40H60N12O7. The van der Waals surface area contributed by atoms with Crippen LogP contribution in [0.2, 0.25) is 0 Å². The van der Waals surface area contributed by atoms with Crippen LogP contribution < -0.4 is 36.1 Å². The van der Waals surface area contributed by atoms with Crippen LogP contribution >= 0.6 is 0 Å². The summed E-state index contributed by atoms with van der Waals surface area (Å²) in [6, 6.07) is 7.69. The minimum atomic E-state index is -0.671. The number of anilines is 5. The maximum Gasteiger partial charge on any atom is 0.353 e. The van der Waals surface area contributed by atoms with Gasteiger partial charge in [-0.3, -0.25) is 29.7 Å². The summed E-state index contributed by atoms with van der Waals surface area (Å²) in [5.41, 5.74) is 15.3. The van der Waals surface area contributed by atoms with E-state index in [-0.39, 0.29) is 88.7 Å². The first-order valence-corrected chi connectivity index (χ1v) is 18.8. The summed E-state index contributed by atoms with van der Waals surface area (Å²) >= 11 is 0. The monoisotopic (exact) mass is 820 g/mol. The van der Waals surface area contributed by atoms with E-state index in [1.165, 1.54) is 4.90 Å². The van der Waals surface area contributed by atoms with Crippen LogP contribution in [0, 0.1) is 24.0 Å². The zero-order valence-corrected chi connectivity index (χ0v) is 33.5. The molecule has 0 radical (unpaired) electrons. The lowest BCUT2D eigenvalue weighted by atomic mass is 10.2. The van der Waals surface area contributed by atoms with E-state index in [1.54, 1.807) is 19.3 Å². The number of nitrogens with zero attached hydrogens (tertiary/aromatic N) is 9. The third kappa shape index (κ3) is 14.2. The van der Waals surface area contributed by atoms with Gasteiger partial charge >= 0.3 is 23.7 Å². The Morgan fingerprint density at radius 1 is 0.898 bits per heavy atom. The van der Waals surface area contributed by atoms with Gasteiger partial charge in [-0.05, 0) is 70.7 Å². The minimum absolute atomic E-state index is 0. The predicted molar refractivity (Wildman–Crippen MR) is 228 cm³/mol. The third-order valence-electron chi connectivity index (χ3n) is 8.47. The summed E-state index contributed by atoms with van der Waals surface area (Å²) in [7, 11) is 0. The van der Waals surface area contributed by atoms with Crippen molar-refractivity contribution in [2.45, 2.75) is 114 Å². The molecule has 0 aliphatic carbocycles. The van der Waals surface area contributed by atoms with Crippen molar-refractivity contribution in [2.24, 2.45) is 0 Å². The molecule has 2 atom stereocenters. The highest BCUT2D eigenvalue weighted by atomic mass is 16.6. The maximum atomic E-state index is 12.2. The Labute approximate surface area is 346 Å². The molecular weight excluding hydrogens is 761 g/mol. The lowest BCUT2D eigenvalue weighted by Crippen LogP contribution is -2.39. The predicted octanol–water partition coefficient (Wildman–Crippen LogP) is 6.37. The molecule has 4 aromatic rings. The zero-order valence-electron chi connectivity index (χ0n) is 33.5. The molecule has 322 valence electrons. The van der Waals surface area contributed by atoms with E-state index in [2.05, 4.69) is 42.1 Å². The number of aryl methyl sites for hydroxylation is 2. The number of esters is 1. The number of nitrogens with two attached hydrogens (primary N) is 2. The highest BCUT2D eigenvalue weighted by Crippen LogP contribution is 2.35. The fourth-order valence-electron chi connectivity index (χ4n) is 5.78. The van der Waals surface area contributed by atoms with Gasteiger partial charge in [-0.15, -0.1) is 0 Å². The van der Waals surface area contributed by atoms with E-state index in [4.69, 9.17) is 25.7 Å². The van der Waals surface area contributed by atoms with E-state index in [0.29, 0.717) is 18.1 Å². The molecule has 1 aliphatic rings. The van der Waals surface area contributed by atoms with Crippen molar-refractivity contribution in [1.82, 2.24) is 29.9 Å². The van der Waals surface area contributed by atoms with Gasteiger partial charge in [0.05, 0.1) is 30.3 Å². The molecule has 1 aliphatic heterocycles. The number of nitrogen functional groups attached to an aromatic ring is 2. The number of rotatable bonds is 17. The second kappa shape index (κ2) is 23.1. The van der Waals surface area contributed by atoms with Gasteiger partial charge in [0.25, 0.3) is 0 Å². The standard InChI is InChI=1S/C20H28N6O5.C18H24N6O2.2CH4/c1-5-7-14(4)31-20-23-18(21)17(26(28)29)19(24-20)25(12-16(27)30-6-2)11-15-9-8-13(3)22-10-15;1-4-5-12(3)26-18-22-16(19)15-17(23-18)24(10-14(25)21-15)9-13-7-6-11(2)20-8-13;;/h8-10,14H,5-7,11-12H2,1-4H3,(H2,21,23,24);6-8,12H,4-5,9-10H2,1-3H3,(H,21,25)(H2,19,22,23);2*1H4. The molecule has 1 amide bonds. The Balaban J connectivity index is 0.000000398. The molecule has 59 heavy (non-hydrogen) atoms. The maximum absolute atomic E-state index is 12.2. The fraction of sp³-hybridized carbons (Fsp3) is 0.500. The van der Waals surface area contributed by atoms with Crippen molar-refractivity contribution >= 4 is 46.5 Å². The highest BCUT2D eigenvalue weighted by molar-refractivity contribution is 6.03. The molecule has 5 N–H and O–H groups in total. The summed E-state index contributed by atoms with van der Waals surface area (Å²) in [6.07, 6.45) is 6.74. The van der Waals surface area contributed by atoms with E-state index in [1.807, 2.05) is 63.8 Å². The Morgan fingerprint density at radius 2 is 1.46 bits per heavy atom. The molecule has 4 aromatic heterocycles. The molecule has 0 spiro atoms. The van der Waals surface area contributed by atoms with E-state index in [9.17, 15) is 19.7 Å². The lowest BCUT2D eigenvalue weighted by Gasteiger charge is -2.30. The summed E-state index contributed by atoms with van der Waals surface area (Å²) in [5.74, 6) is -0.406. The smallest absolute Gasteiger partial charge is 0.353 e. The molecule has 19 heteroatoms. The molecule has 0 bridgehead atoms. The first kappa shape index (κ1) is 48.7. The van der Waals surface area contributed by atoms with Crippen LogP contribution in [-0.4, -0.2) is 78.6 Å². The number of carbonyl (C=O) groups is 2. The molecule has 19 nitrogen and oxygen atoms in total. The molecule has 0 aromatic carbocycles. The Bertz CT molecular complexity index is 1980. The number of hydrogen-bond acceptors (Lipinski definition) is 17. The first-order chi connectivity index (χ1) is 27.2. The lowest BCUT2D eigenvalue weighted by molar-refractivity contribution is -0.383. The summed E-state index contributed by atoms with van der Waals surface area (Å²) in [5, 5.41) is 14.5. The summed E-state index contributed by atoms with van der Waals surface area (Å²) < 4.78 is 16.5. The van der Waals surface area contributed by atoms with Gasteiger partial charge in [-0.1, -0.05) is 53.7 Å². The zero-order chi connectivity index (χ0) is 41.6. The van der Waals surface area contributed by atoms with Crippen molar-refractivity contribution in [2.75, 3.05) is 46.3 Å². The summed E-state index contributed by atoms with van der Waals surface area (Å²) in [6.45, 7) is 14.1. The number of ether oxygens (including phenoxy) is 3. The largest absolute Gasteiger partial charge is 0.465 e. The van der Waals surface area contributed by atoms with Crippen LogP contribution in [-0.2, 0) is 27.4 Å². The Hall–Kier alpha value is -6.40. The van der Waals surface area contributed by atoms with Crippen molar-refractivity contribution < 1.29 is 28.7 Å². The Kier molecular flexibility index (Phi) is 19.1. The van der Waals surface area contributed by atoms with E-state index >= 15 is 0 Å². The molecule has 5 rings (SSSR count). The molecule has 2 unspecified atom stereocenters. The van der Waals surface area contributed by atoms with Crippen molar-refractivity contribution in [3.63, 3.8) is 0 Å². The van der Waals surface area contributed by atoms with E-state index in [0.717, 1.165) is 48.2 Å². The topological polar surface area (TPSA) is 253 Å². The van der Waals surface area contributed by atoms with Crippen molar-refractivity contribution in [3.05, 3.63) is 69.3 Å². The Morgan fingerprint density at radius 3 is 1.98 bits per heavy atom. The second-order valence-electron chi connectivity index (χ2n) is 13.5. The number of nitrogens with one attached hydrogen (secondary N) is 1. The van der Waals surface area contributed by atoms with Gasteiger partial charge in [0.15, 0.2) is 11.6 Å². The second-order valence-corrected chi connectivity index (χ2v) is 13.5. The van der Waals surface area contributed by atoms with Crippen LogP contribution in [0.4, 0.5) is 34.6 Å². The number of fused-ring (bicyclic) bond motifs is 1. The first-order valence-electron chi connectivity index (χ1n) is 18.8. The van der Waals surface area contributed by atoms with Crippen LogP contribution in [0.15, 0.2) is 36.7 Å². The number of pyridine rings is 2. The molecule has 0 fully saturated rings. The average Bonchev–Trinajstić information content (AvgIpc) is 3.14. The number of carbonyl (C=O) groups excluding carboxylic acids is 2. The summed E-state index contributed by atoms with van der Waals surface area (Å²) in [4.78, 5) is 64.1. The molecule has 0 saturated heterocycles. The minimum Gasteiger partial charge on any atom is -0.465 e. The van der Waals surface area contributed by atoms with Crippen LogP contribution in [0.25, 0.3) is 0 Å². The van der Waals surface area contributed by atoms with Crippen molar-refractivity contribution in [3.8, 4) is 12.0 Å². The fourth-order valence-corrected chi connectivity index (χ4v) is 5.78. The molecule has 0 saturated carbocycles. The van der Waals surface area contributed by atoms with Gasteiger partial charge < -0.3 is 40.8 Å². The highest BCUT2D eigenvalue weighted by Gasteiger charge is 2.31. The third-order valence-corrected chi connectivity index (χ3v) is 8.47.